The van der Waals surface area contributed by atoms with Crippen LogP contribution >= 0.6 is 0 Å². The van der Waals surface area contributed by atoms with Gasteiger partial charge < -0.3 is 4.43 Å². The summed E-state index contributed by atoms with van der Waals surface area (Å²) in [6.45, 7) is 11.4. The number of ketones is 1. The Kier molecular flexibility index (Phi) is 4.91. The van der Waals surface area contributed by atoms with Crippen LogP contribution in [0.25, 0.3) is 0 Å². The molecule has 0 radical (unpaired) electrons. The van der Waals surface area contributed by atoms with Crippen LogP contribution in [0.2, 0.25) is 13.1 Å². The van der Waals surface area contributed by atoms with Crippen molar-refractivity contribution in [3.63, 3.8) is 0 Å². The van der Waals surface area contributed by atoms with Crippen molar-refractivity contribution < 1.29 is 9.22 Å². The standard InChI is InChI=1S/C24H36O2Si/c1-23(2,3)22(26-27(4)5)24-15-14-18-17-9-7-6-8-16(17)10-11-19(18)20(24)12-13-21(24)25/h6-9,18-20,22,27H,10-15H2,1-5H3/t18-,19-,20+,22?,24-/m1/s1. The average Bonchev–Trinajstić information content (AvgIpc) is 2.96. The van der Waals surface area contributed by atoms with E-state index in [0.717, 1.165) is 25.7 Å². The van der Waals surface area contributed by atoms with E-state index in [4.69, 9.17) is 4.43 Å². The second-order valence-corrected chi connectivity index (χ2v) is 13.0. The zero-order valence-corrected chi connectivity index (χ0v) is 18.9. The Balaban J connectivity index is 1.75. The molecule has 4 rings (SSSR count). The van der Waals surface area contributed by atoms with Crippen molar-refractivity contribution in [2.45, 2.75) is 84.4 Å². The Morgan fingerprint density at radius 3 is 2.56 bits per heavy atom. The number of hydrogen-bond donors (Lipinski definition) is 0. The molecule has 0 aromatic heterocycles. The molecule has 0 spiro atoms. The first-order valence-electron chi connectivity index (χ1n) is 11.0. The Bertz CT molecular complexity index is 719. The van der Waals surface area contributed by atoms with E-state index in [1.165, 1.54) is 12.8 Å². The average molecular weight is 385 g/mol. The van der Waals surface area contributed by atoms with Gasteiger partial charge in [-0.2, -0.15) is 0 Å². The largest absolute Gasteiger partial charge is 0.416 e. The van der Waals surface area contributed by atoms with Gasteiger partial charge in [-0.15, -0.1) is 0 Å². The fourth-order valence-electron chi connectivity index (χ4n) is 6.87. The van der Waals surface area contributed by atoms with Gasteiger partial charge in [0.2, 0.25) is 0 Å². The van der Waals surface area contributed by atoms with E-state index in [1.54, 1.807) is 11.1 Å². The molecule has 0 N–H and O–H groups in total. The molecule has 0 aliphatic heterocycles. The SMILES string of the molecule is C[SiH](C)OC(C(C)(C)C)[C@]12CC[C@@H]3c4ccccc4CC[C@H]3[C@@H]1CCC2=O. The minimum absolute atomic E-state index is 0.00886. The van der Waals surface area contributed by atoms with Crippen molar-refractivity contribution in [2.24, 2.45) is 22.7 Å². The summed E-state index contributed by atoms with van der Waals surface area (Å²) >= 11 is 0. The topological polar surface area (TPSA) is 26.3 Å². The first kappa shape index (κ1) is 19.4. The van der Waals surface area contributed by atoms with Gasteiger partial charge in [0.25, 0.3) is 0 Å². The van der Waals surface area contributed by atoms with Crippen LogP contribution in [0.3, 0.4) is 0 Å². The highest BCUT2D eigenvalue weighted by atomic mass is 28.3. The summed E-state index contributed by atoms with van der Waals surface area (Å²) in [5.41, 5.74) is 2.90. The Hall–Kier alpha value is -0.933. The van der Waals surface area contributed by atoms with Gasteiger partial charge in [-0.3, -0.25) is 4.79 Å². The minimum Gasteiger partial charge on any atom is -0.416 e. The molecule has 2 nitrogen and oxygen atoms in total. The molecule has 1 aromatic carbocycles. The minimum atomic E-state index is -1.23. The molecule has 27 heavy (non-hydrogen) atoms. The zero-order valence-electron chi connectivity index (χ0n) is 17.8. The molecular weight excluding hydrogens is 348 g/mol. The fraction of sp³-hybridized carbons (Fsp3) is 0.708. The van der Waals surface area contributed by atoms with Crippen molar-refractivity contribution in [1.82, 2.24) is 0 Å². The lowest BCUT2D eigenvalue weighted by Gasteiger charge is -2.55. The highest BCUT2D eigenvalue weighted by molar-refractivity contribution is 6.48. The summed E-state index contributed by atoms with van der Waals surface area (Å²) in [4.78, 5) is 13.5. The monoisotopic (exact) mass is 384 g/mol. The number of carbonyl (C=O) groups is 1. The van der Waals surface area contributed by atoms with Crippen molar-refractivity contribution in [3.05, 3.63) is 35.4 Å². The van der Waals surface area contributed by atoms with Crippen molar-refractivity contribution >= 4 is 14.8 Å². The summed E-state index contributed by atoms with van der Waals surface area (Å²) in [6.07, 6.45) is 6.53. The smallest absolute Gasteiger partial charge is 0.171 e. The van der Waals surface area contributed by atoms with Gasteiger partial charge in [0.1, 0.15) is 5.78 Å². The maximum atomic E-state index is 13.5. The quantitative estimate of drug-likeness (QED) is 0.643. The number of rotatable bonds is 3. The van der Waals surface area contributed by atoms with Crippen LogP contribution in [0.4, 0.5) is 0 Å². The molecule has 2 fully saturated rings. The Morgan fingerprint density at radius 2 is 1.85 bits per heavy atom. The van der Waals surface area contributed by atoms with E-state index < -0.39 is 9.04 Å². The molecule has 3 aliphatic rings. The molecule has 1 aromatic rings. The van der Waals surface area contributed by atoms with Crippen LogP contribution in [-0.2, 0) is 15.6 Å². The predicted molar refractivity (Wildman–Crippen MR) is 114 cm³/mol. The zero-order chi connectivity index (χ0) is 19.4. The highest BCUT2D eigenvalue weighted by Gasteiger charge is 2.63. The second kappa shape index (κ2) is 6.84. The summed E-state index contributed by atoms with van der Waals surface area (Å²) in [5.74, 6) is 2.33. The van der Waals surface area contributed by atoms with E-state index in [9.17, 15) is 4.79 Å². The third-order valence-electron chi connectivity index (χ3n) is 7.63. The molecular formula is C24H36O2Si. The lowest BCUT2D eigenvalue weighted by Crippen LogP contribution is -2.57. The maximum absolute atomic E-state index is 13.5. The Labute approximate surface area is 166 Å². The van der Waals surface area contributed by atoms with Crippen molar-refractivity contribution in [3.8, 4) is 0 Å². The number of aryl methyl sites for hydroxylation is 1. The van der Waals surface area contributed by atoms with Crippen LogP contribution in [-0.4, -0.2) is 20.9 Å². The van der Waals surface area contributed by atoms with Crippen LogP contribution < -0.4 is 0 Å². The van der Waals surface area contributed by atoms with E-state index in [-0.39, 0.29) is 16.9 Å². The van der Waals surface area contributed by atoms with Crippen LogP contribution in [0.1, 0.15) is 69.9 Å². The highest BCUT2D eigenvalue weighted by Crippen LogP contribution is 2.63. The summed E-state index contributed by atoms with van der Waals surface area (Å²) < 4.78 is 6.70. The molecule has 0 saturated heterocycles. The molecule has 3 heteroatoms. The van der Waals surface area contributed by atoms with Crippen molar-refractivity contribution in [2.75, 3.05) is 0 Å². The third kappa shape index (κ3) is 3.06. The van der Waals surface area contributed by atoms with Crippen LogP contribution in [0.15, 0.2) is 24.3 Å². The van der Waals surface area contributed by atoms with E-state index in [0.29, 0.717) is 23.5 Å². The van der Waals surface area contributed by atoms with E-state index in [1.807, 2.05) is 0 Å². The first-order chi connectivity index (χ1) is 12.7. The summed E-state index contributed by atoms with van der Waals surface area (Å²) in [7, 11) is -1.23. The van der Waals surface area contributed by atoms with Gasteiger partial charge in [-0.25, -0.2) is 0 Å². The predicted octanol–water partition coefficient (Wildman–Crippen LogP) is 5.51. The number of Topliss-reactive ketones (excluding diaryl/α,β-unsaturated/α-hetero) is 1. The molecule has 148 valence electrons. The van der Waals surface area contributed by atoms with Gasteiger partial charge in [-0.1, -0.05) is 45.0 Å². The van der Waals surface area contributed by atoms with Gasteiger partial charge >= 0.3 is 0 Å². The van der Waals surface area contributed by atoms with E-state index in [2.05, 4.69) is 58.1 Å². The molecule has 0 amide bonds. The normalized spacial score (nSPS) is 34.1. The number of fused-ring (bicyclic) bond motifs is 5. The maximum Gasteiger partial charge on any atom is 0.171 e. The molecule has 0 heterocycles. The second-order valence-electron chi connectivity index (χ2n) is 10.6. The van der Waals surface area contributed by atoms with Gasteiger partial charge in [0.05, 0.1) is 11.5 Å². The number of benzene rings is 1. The van der Waals surface area contributed by atoms with Gasteiger partial charge in [0.15, 0.2) is 9.04 Å². The van der Waals surface area contributed by atoms with Crippen molar-refractivity contribution in [1.29, 1.82) is 0 Å². The van der Waals surface area contributed by atoms with E-state index >= 15 is 0 Å². The summed E-state index contributed by atoms with van der Waals surface area (Å²) in [6, 6.07) is 9.06. The molecule has 0 bridgehead atoms. The molecule has 1 unspecified atom stereocenters. The molecule has 2 saturated carbocycles. The lowest BCUT2D eigenvalue weighted by molar-refractivity contribution is -0.148. The summed E-state index contributed by atoms with van der Waals surface area (Å²) in [5, 5.41) is 0. The lowest BCUT2D eigenvalue weighted by atomic mass is 9.51. The Morgan fingerprint density at radius 1 is 1.11 bits per heavy atom. The molecule has 3 aliphatic carbocycles. The van der Waals surface area contributed by atoms with Gasteiger partial charge in [0, 0.05) is 6.42 Å². The number of hydrogen-bond acceptors (Lipinski definition) is 2. The van der Waals surface area contributed by atoms with Crippen LogP contribution in [0.5, 0.6) is 0 Å². The fourth-order valence-corrected chi connectivity index (χ4v) is 8.07. The first-order valence-corrected chi connectivity index (χ1v) is 13.8. The van der Waals surface area contributed by atoms with Crippen LogP contribution in [0, 0.1) is 22.7 Å². The number of carbonyl (C=O) groups excluding carboxylic acids is 1. The van der Waals surface area contributed by atoms with Gasteiger partial charge in [-0.05, 0) is 79.5 Å². The molecule has 5 atom stereocenters. The third-order valence-corrected chi connectivity index (χ3v) is 8.45.